The van der Waals surface area contributed by atoms with Crippen molar-refractivity contribution in [1.29, 1.82) is 0 Å². The van der Waals surface area contributed by atoms with Crippen LogP contribution in [-0.2, 0) is 0 Å². The highest BCUT2D eigenvalue weighted by Gasteiger charge is 2.38. The first-order valence-electron chi connectivity index (χ1n) is 10.7. The molecule has 1 atom stereocenters. The molecule has 4 heteroatoms. The zero-order valence-corrected chi connectivity index (χ0v) is 18.0. The monoisotopic (exact) mass is 436 g/mol. The summed E-state index contributed by atoms with van der Waals surface area (Å²) >= 11 is 0. The molecule has 33 heavy (non-hydrogen) atoms. The van der Waals surface area contributed by atoms with E-state index >= 15 is 0 Å². The molecule has 0 aromatic heterocycles. The van der Waals surface area contributed by atoms with Crippen LogP contribution in [0.4, 0.5) is 4.39 Å². The van der Waals surface area contributed by atoms with Crippen molar-refractivity contribution in [1.82, 2.24) is 0 Å². The molecule has 0 saturated carbocycles. The van der Waals surface area contributed by atoms with Gasteiger partial charge < -0.3 is 9.47 Å². The fourth-order valence-corrected chi connectivity index (χ4v) is 4.22. The lowest BCUT2D eigenvalue weighted by molar-refractivity contribution is 0.103. The van der Waals surface area contributed by atoms with Crippen molar-refractivity contribution in [2.45, 2.75) is 5.92 Å². The maximum absolute atomic E-state index is 13.7. The largest absolute Gasteiger partial charge is 0.497 e. The molecule has 0 saturated heterocycles. The molecule has 3 nitrogen and oxygen atoms in total. The third-order valence-electron chi connectivity index (χ3n) is 5.78. The first-order valence-corrected chi connectivity index (χ1v) is 10.7. The van der Waals surface area contributed by atoms with Gasteiger partial charge in [0.1, 0.15) is 23.1 Å². The van der Waals surface area contributed by atoms with Gasteiger partial charge >= 0.3 is 0 Å². The van der Waals surface area contributed by atoms with E-state index in [1.807, 2.05) is 78.9 Å². The fraction of sp³-hybridized carbons (Fsp3) is 0.0690. The van der Waals surface area contributed by atoms with Crippen molar-refractivity contribution in [2.75, 3.05) is 7.11 Å². The van der Waals surface area contributed by atoms with Gasteiger partial charge in [-0.1, -0.05) is 54.6 Å². The zero-order chi connectivity index (χ0) is 22.8. The Morgan fingerprint density at radius 1 is 0.788 bits per heavy atom. The number of methoxy groups -OCH3 is 1. The summed E-state index contributed by atoms with van der Waals surface area (Å²) in [4.78, 5) is 13.7. The third-order valence-corrected chi connectivity index (χ3v) is 5.78. The summed E-state index contributed by atoms with van der Waals surface area (Å²) < 4.78 is 24.8. The van der Waals surface area contributed by atoms with Crippen LogP contribution in [-0.4, -0.2) is 12.9 Å². The lowest BCUT2D eigenvalue weighted by atomic mass is 9.89. The number of hydrogen-bond donors (Lipinski definition) is 0. The number of ketones is 1. The molecule has 1 aliphatic rings. The minimum atomic E-state index is -0.312. The van der Waals surface area contributed by atoms with E-state index < -0.39 is 0 Å². The predicted molar refractivity (Wildman–Crippen MR) is 127 cm³/mol. The number of rotatable bonds is 5. The maximum atomic E-state index is 13.7. The minimum absolute atomic E-state index is 0.0905. The molecular formula is C29H21FO3. The second-order valence-corrected chi connectivity index (χ2v) is 7.82. The molecule has 0 aliphatic heterocycles. The van der Waals surface area contributed by atoms with Gasteiger partial charge in [-0.25, -0.2) is 4.39 Å². The molecule has 162 valence electrons. The topological polar surface area (TPSA) is 35.5 Å². The smallest absolute Gasteiger partial charge is 0.194 e. The molecule has 5 rings (SSSR count). The van der Waals surface area contributed by atoms with E-state index in [1.54, 1.807) is 19.2 Å². The van der Waals surface area contributed by atoms with Crippen LogP contribution < -0.4 is 9.47 Å². The van der Waals surface area contributed by atoms with Crippen LogP contribution >= 0.6 is 0 Å². The average molecular weight is 436 g/mol. The molecule has 0 unspecified atom stereocenters. The van der Waals surface area contributed by atoms with Gasteiger partial charge in [0.05, 0.1) is 12.7 Å². The van der Waals surface area contributed by atoms with Crippen LogP contribution in [0.2, 0.25) is 0 Å². The lowest BCUT2D eigenvalue weighted by Gasteiger charge is -2.14. The molecule has 4 aromatic carbocycles. The first kappa shape index (κ1) is 20.7. The predicted octanol–water partition coefficient (Wildman–Crippen LogP) is 7.04. The van der Waals surface area contributed by atoms with Crippen molar-refractivity contribution in [2.24, 2.45) is 0 Å². The Balaban J connectivity index is 1.61. The van der Waals surface area contributed by atoms with E-state index in [9.17, 15) is 9.18 Å². The van der Waals surface area contributed by atoms with Crippen molar-refractivity contribution in [3.05, 3.63) is 131 Å². The number of benzene rings is 4. The normalized spacial score (nSPS) is 16.0. The molecule has 0 N–H and O–H groups in total. The van der Waals surface area contributed by atoms with Crippen LogP contribution in [0.5, 0.6) is 17.2 Å². The number of ether oxygens (including phenoxy) is 2. The highest BCUT2D eigenvalue weighted by Crippen LogP contribution is 2.46. The van der Waals surface area contributed by atoms with E-state index in [4.69, 9.17) is 9.47 Å². The SMILES string of the molecule is COc1ccc(Oc2cccc3c2C(=O)/C(=C\c2ccc(F)cc2)[C@H]3c2ccccc2)cc1. The van der Waals surface area contributed by atoms with Crippen LogP contribution in [0.15, 0.2) is 103 Å². The Labute approximate surface area is 191 Å². The summed E-state index contributed by atoms with van der Waals surface area (Å²) in [6.07, 6.45) is 1.84. The van der Waals surface area contributed by atoms with Crippen molar-refractivity contribution >= 4 is 11.9 Å². The summed E-state index contributed by atoms with van der Waals surface area (Å²) in [5.74, 6) is 1.21. The Hall–Kier alpha value is -4.18. The second-order valence-electron chi connectivity index (χ2n) is 7.82. The number of fused-ring (bicyclic) bond motifs is 1. The summed E-state index contributed by atoms with van der Waals surface area (Å²) in [7, 11) is 1.61. The fourth-order valence-electron chi connectivity index (χ4n) is 4.22. The van der Waals surface area contributed by atoms with Gasteiger partial charge in [0.2, 0.25) is 0 Å². The van der Waals surface area contributed by atoms with Crippen LogP contribution in [0.1, 0.15) is 33.0 Å². The molecule has 0 bridgehead atoms. The van der Waals surface area contributed by atoms with E-state index in [2.05, 4.69) is 0 Å². The van der Waals surface area contributed by atoms with Crippen LogP contribution in [0, 0.1) is 5.82 Å². The Morgan fingerprint density at radius 3 is 2.18 bits per heavy atom. The van der Waals surface area contributed by atoms with Gasteiger partial charge in [0.15, 0.2) is 5.78 Å². The van der Waals surface area contributed by atoms with E-state index in [-0.39, 0.29) is 17.5 Å². The summed E-state index contributed by atoms with van der Waals surface area (Å²) in [5, 5.41) is 0. The summed E-state index contributed by atoms with van der Waals surface area (Å²) in [6, 6.07) is 29.0. The number of halogens is 1. The highest BCUT2D eigenvalue weighted by molar-refractivity contribution is 6.19. The first-order chi connectivity index (χ1) is 16.1. The Morgan fingerprint density at radius 2 is 1.48 bits per heavy atom. The Bertz CT molecular complexity index is 1320. The maximum Gasteiger partial charge on any atom is 0.194 e. The van der Waals surface area contributed by atoms with Crippen LogP contribution in [0.25, 0.3) is 6.08 Å². The quantitative estimate of drug-likeness (QED) is 0.315. The van der Waals surface area contributed by atoms with Gasteiger partial charge in [0, 0.05) is 11.5 Å². The number of carbonyl (C=O) groups excluding carboxylic acids is 1. The van der Waals surface area contributed by atoms with Crippen molar-refractivity contribution < 1.29 is 18.7 Å². The van der Waals surface area contributed by atoms with Gasteiger partial charge in [-0.15, -0.1) is 0 Å². The van der Waals surface area contributed by atoms with E-state index in [0.29, 0.717) is 22.6 Å². The minimum Gasteiger partial charge on any atom is -0.497 e. The standard InChI is InChI=1S/C29H21FO3/c1-32-22-14-16-23(17-15-22)33-26-9-5-8-24-27(20-6-3-2-4-7-20)25(29(31)28(24)26)18-19-10-12-21(30)13-11-19/h2-18,27H,1H3/b25-18-/t27-/m0/s1. The zero-order valence-electron chi connectivity index (χ0n) is 18.0. The molecule has 4 aromatic rings. The molecule has 1 aliphatic carbocycles. The van der Waals surface area contributed by atoms with Gasteiger partial charge in [0.25, 0.3) is 0 Å². The molecule has 0 heterocycles. The summed E-state index contributed by atoms with van der Waals surface area (Å²) in [6.45, 7) is 0. The van der Waals surface area contributed by atoms with Crippen molar-refractivity contribution in [3.8, 4) is 17.2 Å². The van der Waals surface area contributed by atoms with Crippen LogP contribution in [0.3, 0.4) is 0 Å². The molecule has 0 radical (unpaired) electrons. The van der Waals surface area contributed by atoms with E-state index in [1.165, 1.54) is 12.1 Å². The summed E-state index contributed by atoms with van der Waals surface area (Å²) in [5.41, 5.74) is 3.86. The second kappa shape index (κ2) is 8.75. The van der Waals surface area contributed by atoms with Gasteiger partial charge in [-0.3, -0.25) is 4.79 Å². The molecular weight excluding hydrogens is 415 g/mol. The van der Waals surface area contributed by atoms with Gasteiger partial charge in [-0.2, -0.15) is 0 Å². The van der Waals surface area contributed by atoms with Crippen molar-refractivity contribution in [3.63, 3.8) is 0 Å². The highest BCUT2D eigenvalue weighted by atomic mass is 19.1. The average Bonchev–Trinajstić information content (AvgIpc) is 3.13. The number of allylic oxidation sites excluding steroid dienone is 1. The molecule has 0 amide bonds. The van der Waals surface area contributed by atoms with Gasteiger partial charge in [-0.05, 0) is 65.2 Å². The molecule has 0 fully saturated rings. The number of hydrogen-bond acceptors (Lipinski definition) is 3. The number of Topliss-reactive ketones (excluding diaryl/α,β-unsaturated/α-hetero) is 1. The Kier molecular flexibility index (Phi) is 5.49. The molecule has 0 spiro atoms. The number of carbonyl (C=O) groups is 1. The van der Waals surface area contributed by atoms with E-state index in [0.717, 1.165) is 22.4 Å². The lowest BCUT2D eigenvalue weighted by Crippen LogP contribution is -2.02. The third kappa shape index (κ3) is 4.03.